The molecule has 2 rings (SSSR count). The van der Waals surface area contributed by atoms with Gasteiger partial charge in [-0.1, -0.05) is 26.8 Å². The van der Waals surface area contributed by atoms with Crippen LogP contribution in [0.3, 0.4) is 0 Å². The largest absolute Gasteiger partial charge is 0.384 e. The van der Waals surface area contributed by atoms with E-state index in [0.717, 1.165) is 22.7 Å². The van der Waals surface area contributed by atoms with Gasteiger partial charge in [-0.2, -0.15) is 5.10 Å². The summed E-state index contributed by atoms with van der Waals surface area (Å²) in [4.78, 5) is 4.49. The molecule has 0 spiro atoms. The van der Waals surface area contributed by atoms with Crippen LogP contribution in [0.25, 0.3) is 5.65 Å². The van der Waals surface area contributed by atoms with Crippen molar-refractivity contribution >= 4 is 5.65 Å². The van der Waals surface area contributed by atoms with Crippen molar-refractivity contribution in [2.45, 2.75) is 52.6 Å². The van der Waals surface area contributed by atoms with Gasteiger partial charge in [0.1, 0.15) is 11.4 Å². The Morgan fingerprint density at radius 3 is 2.22 bits per heavy atom. The van der Waals surface area contributed by atoms with Crippen LogP contribution in [-0.2, 0) is 11.0 Å². The highest BCUT2D eigenvalue weighted by molar-refractivity contribution is 5.52. The highest BCUT2D eigenvalue weighted by Crippen LogP contribution is 2.29. The van der Waals surface area contributed by atoms with Crippen LogP contribution in [0.15, 0.2) is 12.1 Å². The van der Waals surface area contributed by atoms with E-state index in [9.17, 15) is 5.11 Å². The molecule has 98 valence electrons. The van der Waals surface area contributed by atoms with Crippen molar-refractivity contribution in [3.8, 4) is 0 Å². The molecule has 0 atom stereocenters. The third kappa shape index (κ3) is 2.12. The number of nitrogens with zero attached hydrogens (tertiary/aromatic N) is 3. The molecule has 2 aromatic heterocycles. The smallest absolute Gasteiger partial charge is 0.159 e. The fourth-order valence-corrected chi connectivity index (χ4v) is 2.11. The molecule has 2 aromatic rings. The Kier molecular flexibility index (Phi) is 2.74. The van der Waals surface area contributed by atoms with Gasteiger partial charge in [0.25, 0.3) is 0 Å². The van der Waals surface area contributed by atoms with Crippen molar-refractivity contribution < 1.29 is 5.11 Å². The van der Waals surface area contributed by atoms with Gasteiger partial charge in [0.2, 0.25) is 0 Å². The zero-order chi connectivity index (χ0) is 13.7. The molecule has 0 aliphatic heterocycles. The zero-order valence-corrected chi connectivity index (χ0v) is 11.9. The molecule has 0 aromatic carbocycles. The minimum atomic E-state index is -0.936. The fraction of sp³-hybridized carbons (Fsp3) is 0.571. The Balaban J connectivity index is 2.83. The minimum Gasteiger partial charge on any atom is -0.384 e. The maximum absolute atomic E-state index is 10.2. The summed E-state index contributed by atoms with van der Waals surface area (Å²) in [5.41, 5.74) is 1.79. The van der Waals surface area contributed by atoms with Gasteiger partial charge < -0.3 is 5.11 Å². The lowest BCUT2D eigenvalue weighted by molar-refractivity contribution is 0.0714. The maximum Gasteiger partial charge on any atom is 0.159 e. The monoisotopic (exact) mass is 247 g/mol. The van der Waals surface area contributed by atoms with Gasteiger partial charge in [0, 0.05) is 5.56 Å². The summed E-state index contributed by atoms with van der Waals surface area (Å²) in [6.07, 6.45) is 0. The molecule has 0 unspecified atom stereocenters. The number of aryl methyl sites for hydroxylation is 1. The first-order chi connectivity index (χ1) is 8.10. The molecule has 0 saturated heterocycles. The van der Waals surface area contributed by atoms with E-state index in [2.05, 4.69) is 30.9 Å². The van der Waals surface area contributed by atoms with Gasteiger partial charge in [0.15, 0.2) is 5.65 Å². The number of aromatic nitrogens is 3. The topological polar surface area (TPSA) is 50.4 Å². The first-order valence-electron chi connectivity index (χ1n) is 6.20. The third-order valence-electron chi connectivity index (χ3n) is 3.02. The number of rotatable bonds is 1. The number of pyridine rings is 1. The summed E-state index contributed by atoms with van der Waals surface area (Å²) in [7, 11) is 0. The van der Waals surface area contributed by atoms with Crippen LogP contribution in [0.4, 0.5) is 0 Å². The molecule has 4 nitrogen and oxygen atoms in total. The molecule has 2 heterocycles. The lowest BCUT2D eigenvalue weighted by atomic mass is 9.87. The van der Waals surface area contributed by atoms with Crippen LogP contribution in [-0.4, -0.2) is 19.7 Å². The van der Waals surface area contributed by atoms with Gasteiger partial charge in [-0.15, -0.1) is 0 Å². The molecule has 0 aliphatic carbocycles. The molecule has 0 aliphatic rings. The molecule has 0 saturated carbocycles. The van der Waals surface area contributed by atoms with E-state index in [1.54, 1.807) is 18.4 Å². The lowest BCUT2D eigenvalue weighted by Crippen LogP contribution is -2.22. The van der Waals surface area contributed by atoms with Crippen LogP contribution >= 0.6 is 0 Å². The quantitative estimate of drug-likeness (QED) is 0.842. The zero-order valence-electron chi connectivity index (χ0n) is 11.9. The first kappa shape index (κ1) is 13.0. The van der Waals surface area contributed by atoms with Crippen molar-refractivity contribution in [3.05, 3.63) is 29.2 Å². The van der Waals surface area contributed by atoms with Crippen molar-refractivity contribution in [1.29, 1.82) is 0 Å². The normalized spacial score (nSPS) is 13.3. The van der Waals surface area contributed by atoms with Crippen molar-refractivity contribution in [3.63, 3.8) is 0 Å². The third-order valence-corrected chi connectivity index (χ3v) is 3.02. The summed E-state index contributed by atoms with van der Waals surface area (Å²) >= 11 is 0. The molecule has 0 radical (unpaired) electrons. The molecule has 0 fully saturated rings. The van der Waals surface area contributed by atoms with Crippen LogP contribution in [0.5, 0.6) is 0 Å². The van der Waals surface area contributed by atoms with E-state index in [1.807, 2.05) is 19.1 Å². The highest BCUT2D eigenvalue weighted by Gasteiger charge is 2.25. The van der Waals surface area contributed by atoms with E-state index in [1.165, 1.54) is 0 Å². The second-order valence-electron chi connectivity index (χ2n) is 6.34. The summed E-state index contributed by atoms with van der Waals surface area (Å²) in [6.45, 7) is 11.8. The van der Waals surface area contributed by atoms with E-state index in [4.69, 9.17) is 0 Å². The number of fused-ring (bicyclic) bond motifs is 1. The molecule has 0 bridgehead atoms. The fourth-order valence-electron chi connectivity index (χ4n) is 2.11. The Hall–Kier alpha value is -1.42. The van der Waals surface area contributed by atoms with Crippen molar-refractivity contribution in [2.75, 3.05) is 0 Å². The molecule has 4 heteroatoms. The van der Waals surface area contributed by atoms with Crippen LogP contribution in [0.2, 0.25) is 0 Å². The number of hydrogen-bond acceptors (Lipinski definition) is 3. The van der Waals surface area contributed by atoms with Gasteiger partial charge in [-0.05, 0) is 32.3 Å². The van der Waals surface area contributed by atoms with Crippen LogP contribution in [0, 0.1) is 6.92 Å². The van der Waals surface area contributed by atoms with Gasteiger partial charge in [-0.3, -0.25) is 0 Å². The van der Waals surface area contributed by atoms with E-state index < -0.39 is 5.60 Å². The predicted molar refractivity (Wildman–Crippen MR) is 71.7 cm³/mol. The highest BCUT2D eigenvalue weighted by atomic mass is 16.3. The Morgan fingerprint density at radius 2 is 1.72 bits per heavy atom. The summed E-state index contributed by atoms with van der Waals surface area (Å²) < 4.78 is 1.76. The number of aliphatic hydroxyl groups is 1. The second kappa shape index (κ2) is 3.79. The van der Waals surface area contributed by atoms with Crippen molar-refractivity contribution in [1.82, 2.24) is 14.6 Å². The van der Waals surface area contributed by atoms with Crippen LogP contribution in [0.1, 0.15) is 51.7 Å². The maximum atomic E-state index is 10.2. The Bertz CT molecular complexity index is 534. The predicted octanol–water partition coefficient (Wildman–Crippen LogP) is 2.56. The molecule has 0 amide bonds. The van der Waals surface area contributed by atoms with E-state index >= 15 is 0 Å². The summed E-state index contributed by atoms with van der Waals surface area (Å²) in [6, 6.07) is 3.97. The average Bonchev–Trinajstić information content (AvgIpc) is 2.53. The van der Waals surface area contributed by atoms with Gasteiger partial charge >= 0.3 is 0 Å². The van der Waals surface area contributed by atoms with E-state index in [-0.39, 0.29) is 5.41 Å². The standard InChI is InChI=1S/C14H21N3O/c1-9-15-12-10(13(2,3)4)7-8-11(14(5,6)18)17(12)16-9/h7-8,18H,1-6H3. The van der Waals surface area contributed by atoms with Crippen molar-refractivity contribution in [2.24, 2.45) is 0 Å². The Morgan fingerprint density at radius 1 is 1.11 bits per heavy atom. The molecular formula is C14H21N3O. The molecular weight excluding hydrogens is 226 g/mol. The molecule has 18 heavy (non-hydrogen) atoms. The summed E-state index contributed by atoms with van der Waals surface area (Å²) in [5, 5.41) is 14.6. The van der Waals surface area contributed by atoms with E-state index in [0.29, 0.717) is 0 Å². The number of hydrogen-bond donors (Lipinski definition) is 1. The van der Waals surface area contributed by atoms with Gasteiger partial charge in [-0.25, -0.2) is 9.50 Å². The second-order valence-corrected chi connectivity index (χ2v) is 6.34. The minimum absolute atomic E-state index is 0.00114. The summed E-state index contributed by atoms with van der Waals surface area (Å²) in [5.74, 6) is 0.720. The average molecular weight is 247 g/mol. The SMILES string of the molecule is Cc1nc2c(C(C)(C)C)ccc(C(C)(C)O)n2n1. The first-order valence-corrected chi connectivity index (χ1v) is 6.20. The van der Waals surface area contributed by atoms with Gasteiger partial charge in [0.05, 0.1) is 5.69 Å². The lowest BCUT2D eigenvalue weighted by Gasteiger charge is -2.23. The Labute approximate surface area is 108 Å². The molecule has 1 N–H and O–H groups in total. The van der Waals surface area contributed by atoms with Crippen LogP contribution < -0.4 is 0 Å².